The topological polar surface area (TPSA) is 58.7 Å². The summed E-state index contributed by atoms with van der Waals surface area (Å²) >= 11 is 0. The Kier molecular flexibility index (Phi) is 12.1. The molecule has 0 radical (unpaired) electrons. The number of pyridine rings is 1. The molecule has 1 aromatic heterocycles. The molecule has 2 heterocycles. The number of likely N-dealkylation sites (tertiary alicyclic amines) is 1. The van der Waals surface area contributed by atoms with Crippen LogP contribution < -0.4 is 15.4 Å². The molecule has 6 nitrogen and oxygen atoms in total. The van der Waals surface area contributed by atoms with E-state index >= 15 is 0 Å². The molecule has 0 amide bonds. The van der Waals surface area contributed by atoms with Gasteiger partial charge < -0.3 is 25.0 Å². The third-order valence-corrected chi connectivity index (χ3v) is 7.45. The van der Waals surface area contributed by atoms with Crippen LogP contribution >= 0.6 is 0 Å². The van der Waals surface area contributed by atoms with E-state index in [4.69, 9.17) is 9.47 Å². The summed E-state index contributed by atoms with van der Waals surface area (Å²) in [4.78, 5) is 7.02. The Bertz CT molecular complexity index is 817. The van der Waals surface area contributed by atoms with Crippen LogP contribution in [0, 0.1) is 5.41 Å². The Hall–Kier alpha value is -1.21. The Morgan fingerprint density at radius 3 is 2.21 bits per heavy atom. The van der Waals surface area contributed by atoms with Crippen LogP contribution in [0.25, 0.3) is 0 Å². The first-order valence-corrected chi connectivity index (χ1v) is 14.9. The highest BCUT2D eigenvalue weighted by molar-refractivity contribution is 5.26. The van der Waals surface area contributed by atoms with Gasteiger partial charge in [-0.05, 0) is 89.3 Å². The van der Waals surface area contributed by atoms with Gasteiger partial charge in [0.05, 0.1) is 12.7 Å². The quantitative estimate of drug-likeness (QED) is 0.279. The first-order valence-electron chi connectivity index (χ1n) is 14.9. The number of hydrogen-bond donors (Lipinski definition) is 2. The molecule has 1 aliphatic rings. The molecule has 2 N–H and O–H groups in total. The second-order valence-electron chi connectivity index (χ2n) is 15.0. The molecule has 2 rings (SSSR count). The van der Waals surface area contributed by atoms with Crippen LogP contribution in [-0.4, -0.2) is 72.5 Å². The predicted molar refractivity (Wildman–Crippen MR) is 161 cm³/mol. The van der Waals surface area contributed by atoms with Gasteiger partial charge in [0.25, 0.3) is 0 Å². The van der Waals surface area contributed by atoms with E-state index in [9.17, 15) is 0 Å². The normalized spacial score (nSPS) is 17.6. The van der Waals surface area contributed by atoms with E-state index in [1.165, 1.54) is 31.6 Å². The van der Waals surface area contributed by atoms with Gasteiger partial charge in [-0.3, -0.25) is 0 Å². The summed E-state index contributed by atoms with van der Waals surface area (Å²) in [5, 5.41) is 7.45. The van der Waals surface area contributed by atoms with E-state index in [0.29, 0.717) is 17.4 Å². The second kappa shape index (κ2) is 13.9. The molecule has 0 saturated carbocycles. The molecule has 0 aromatic carbocycles. The van der Waals surface area contributed by atoms with Crippen molar-refractivity contribution in [3.63, 3.8) is 0 Å². The van der Waals surface area contributed by atoms with Crippen LogP contribution in [0.5, 0.6) is 5.88 Å². The van der Waals surface area contributed by atoms with E-state index in [0.717, 1.165) is 39.0 Å². The Labute approximate surface area is 235 Å². The van der Waals surface area contributed by atoms with Crippen LogP contribution in [0.1, 0.15) is 107 Å². The molecule has 1 aliphatic heterocycles. The standard InChI is InChI=1S/C32H60N4O2/c1-25(38-28-22-26(12-16-33-28)30(5,6)7)23-35-32(10,11)24-31(8,9)34-17-21-37-27-13-18-36(19-14-27)20-15-29(2,3)4/h12,16,22,25,27,34-35H,13-15,17-21,23-24H2,1-11H3/t25-/m0/s1. The number of ether oxygens (including phenoxy) is 2. The molecule has 38 heavy (non-hydrogen) atoms. The molecule has 0 bridgehead atoms. The molecule has 0 spiro atoms. The Morgan fingerprint density at radius 1 is 0.974 bits per heavy atom. The zero-order valence-corrected chi connectivity index (χ0v) is 26.7. The summed E-state index contributed by atoms with van der Waals surface area (Å²) in [5.74, 6) is 0.696. The average molecular weight is 533 g/mol. The van der Waals surface area contributed by atoms with Gasteiger partial charge >= 0.3 is 0 Å². The van der Waals surface area contributed by atoms with Crippen LogP contribution in [-0.2, 0) is 10.2 Å². The molecule has 220 valence electrons. The number of nitrogens with zero attached hydrogens (tertiary/aromatic N) is 2. The van der Waals surface area contributed by atoms with E-state index in [-0.39, 0.29) is 22.6 Å². The maximum absolute atomic E-state index is 6.24. The van der Waals surface area contributed by atoms with Crippen molar-refractivity contribution in [3.8, 4) is 5.88 Å². The van der Waals surface area contributed by atoms with Gasteiger partial charge in [-0.2, -0.15) is 0 Å². The van der Waals surface area contributed by atoms with Gasteiger partial charge in [0, 0.05) is 49.5 Å². The van der Waals surface area contributed by atoms with E-state index in [1.54, 1.807) is 0 Å². The number of aromatic nitrogens is 1. The fraction of sp³-hybridized carbons (Fsp3) is 0.844. The van der Waals surface area contributed by atoms with E-state index < -0.39 is 0 Å². The first kappa shape index (κ1) is 33.0. The van der Waals surface area contributed by atoms with Gasteiger partial charge in [0.15, 0.2) is 0 Å². The van der Waals surface area contributed by atoms with Crippen molar-refractivity contribution in [2.24, 2.45) is 5.41 Å². The van der Waals surface area contributed by atoms with Gasteiger partial charge in [-0.25, -0.2) is 4.98 Å². The highest BCUT2D eigenvalue weighted by atomic mass is 16.5. The van der Waals surface area contributed by atoms with Gasteiger partial charge in [0.2, 0.25) is 5.88 Å². The molecule has 0 unspecified atom stereocenters. The average Bonchev–Trinajstić information content (AvgIpc) is 2.78. The molecule has 6 heteroatoms. The summed E-state index contributed by atoms with van der Waals surface area (Å²) in [6, 6.07) is 4.13. The molecule has 0 aliphatic carbocycles. The SMILES string of the molecule is C[C@@H](CNC(C)(C)CC(C)(C)NCCOC1CCN(CCC(C)(C)C)CC1)Oc1cc(C(C)(C)C)ccn1. The minimum absolute atomic E-state index is 0.00285. The Morgan fingerprint density at radius 2 is 1.61 bits per heavy atom. The lowest BCUT2D eigenvalue weighted by molar-refractivity contribution is 0.00525. The molecule has 1 fully saturated rings. The number of piperidine rings is 1. The van der Waals surface area contributed by atoms with Crippen LogP contribution in [0.3, 0.4) is 0 Å². The smallest absolute Gasteiger partial charge is 0.213 e. The van der Waals surface area contributed by atoms with E-state index in [1.807, 2.05) is 6.20 Å². The van der Waals surface area contributed by atoms with Gasteiger partial charge in [0.1, 0.15) is 6.10 Å². The molecular formula is C32H60N4O2. The molecule has 1 aromatic rings. The van der Waals surface area contributed by atoms with Crippen LogP contribution in [0.4, 0.5) is 0 Å². The second-order valence-corrected chi connectivity index (χ2v) is 15.0. The molecular weight excluding hydrogens is 472 g/mol. The van der Waals surface area contributed by atoms with Gasteiger partial charge in [-0.15, -0.1) is 0 Å². The molecule has 1 saturated heterocycles. The zero-order valence-electron chi connectivity index (χ0n) is 26.7. The minimum atomic E-state index is -0.0322. The highest BCUT2D eigenvalue weighted by Gasteiger charge is 2.29. The third-order valence-electron chi connectivity index (χ3n) is 7.45. The number of rotatable bonds is 14. The monoisotopic (exact) mass is 532 g/mol. The van der Waals surface area contributed by atoms with Crippen molar-refractivity contribution in [1.82, 2.24) is 20.5 Å². The summed E-state index contributed by atoms with van der Waals surface area (Å²) in [5.41, 5.74) is 1.70. The first-order chi connectivity index (χ1) is 17.4. The maximum Gasteiger partial charge on any atom is 0.213 e. The van der Waals surface area contributed by atoms with Crippen molar-refractivity contribution in [2.75, 3.05) is 39.3 Å². The fourth-order valence-electron chi connectivity index (χ4n) is 5.25. The maximum atomic E-state index is 6.24. The largest absolute Gasteiger partial charge is 0.473 e. The van der Waals surface area contributed by atoms with Crippen LogP contribution in [0.2, 0.25) is 0 Å². The third kappa shape index (κ3) is 13.2. The lowest BCUT2D eigenvalue weighted by Gasteiger charge is -2.37. The number of hydrogen-bond acceptors (Lipinski definition) is 6. The van der Waals surface area contributed by atoms with Crippen molar-refractivity contribution in [1.29, 1.82) is 0 Å². The highest BCUT2D eigenvalue weighted by Crippen LogP contribution is 2.25. The minimum Gasteiger partial charge on any atom is -0.473 e. The van der Waals surface area contributed by atoms with Crippen molar-refractivity contribution in [3.05, 3.63) is 23.9 Å². The molecule has 1 atom stereocenters. The lowest BCUT2D eigenvalue weighted by Crippen LogP contribution is -2.53. The summed E-state index contributed by atoms with van der Waals surface area (Å²) in [6.45, 7) is 30.8. The predicted octanol–water partition coefficient (Wildman–Crippen LogP) is 6.19. The number of nitrogens with one attached hydrogen (secondary N) is 2. The summed E-state index contributed by atoms with van der Waals surface area (Å²) in [6.07, 6.45) is 6.84. The Balaban J connectivity index is 1.66. The van der Waals surface area contributed by atoms with Crippen molar-refractivity contribution < 1.29 is 9.47 Å². The lowest BCUT2D eigenvalue weighted by atomic mass is 9.86. The zero-order chi connectivity index (χ0) is 28.6. The van der Waals surface area contributed by atoms with Gasteiger partial charge in [-0.1, -0.05) is 41.5 Å². The summed E-state index contributed by atoms with van der Waals surface area (Å²) in [7, 11) is 0. The van der Waals surface area contributed by atoms with Crippen LogP contribution in [0.15, 0.2) is 18.3 Å². The van der Waals surface area contributed by atoms with Crippen molar-refractivity contribution >= 4 is 0 Å². The van der Waals surface area contributed by atoms with Crippen molar-refractivity contribution in [2.45, 2.75) is 131 Å². The summed E-state index contributed by atoms with van der Waals surface area (Å²) < 4.78 is 12.4. The fourth-order valence-corrected chi connectivity index (χ4v) is 5.25. The van der Waals surface area contributed by atoms with E-state index in [2.05, 4.69) is 109 Å².